The lowest BCUT2D eigenvalue weighted by atomic mass is 9.78. The zero-order valence-corrected chi connectivity index (χ0v) is 31.3. The second-order valence-electron chi connectivity index (χ2n) is 13.7. The molecule has 1 amide bonds. The summed E-state index contributed by atoms with van der Waals surface area (Å²) < 4.78 is 36.9. The highest BCUT2D eigenvalue weighted by molar-refractivity contribution is 7.89. The summed E-state index contributed by atoms with van der Waals surface area (Å²) in [7, 11) is -2.73. The van der Waals surface area contributed by atoms with E-state index in [2.05, 4.69) is 10.0 Å². The fraction of sp³-hybridized carbons (Fsp3) is 0.174. The predicted octanol–water partition coefficient (Wildman–Crippen LogP) is 7.02. The van der Waals surface area contributed by atoms with E-state index in [0.29, 0.717) is 19.5 Å². The number of hydrogen-bond donors (Lipinski definition) is 2. The number of benzene rings is 6. The van der Waals surface area contributed by atoms with Gasteiger partial charge in [-0.15, -0.1) is 0 Å². The molecule has 7 rings (SSSR count). The van der Waals surface area contributed by atoms with Crippen molar-refractivity contribution in [1.82, 2.24) is 14.9 Å². The normalized spacial score (nSPS) is 15.9. The van der Waals surface area contributed by atoms with Crippen LogP contribution in [0.2, 0.25) is 0 Å². The summed E-state index contributed by atoms with van der Waals surface area (Å²) >= 11 is 0. The highest BCUT2D eigenvalue weighted by Gasteiger charge is 2.43. The molecular formula is C46H43N3O5S. The standard InChI is InChI=1S/C46H43N3O5S/c1-54-45(51)42-31-40(33-49(42)44(50)43(35-17-7-2-8-18-35)36-19-9-3-10-20-36)47-32-34-27-29-41(30-28-34)55(52,53)48-46(37-21-11-4-12-22-37,38-23-13-5-14-24-38)39-25-15-6-16-26-39/h2-30,40,42-43,47-48H,31-33H2,1H3/t40-,42-/m0/s1. The molecule has 6 aromatic rings. The minimum absolute atomic E-state index is 0.125. The number of ether oxygens (including phenoxy) is 1. The molecule has 0 aromatic heterocycles. The molecule has 6 aromatic carbocycles. The Morgan fingerprint density at radius 2 is 1.11 bits per heavy atom. The monoisotopic (exact) mass is 749 g/mol. The molecule has 0 aliphatic carbocycles. The van der Waals surface area contributed by atoms with E-state index in [9.17, 15) is 18.0 Å². The van der Waals surface area contributed by atoms with Crippen LogP contribution in [0.25, 0.3) is 0 Å². The van der Waals surface area contributed by atoms with Crippen LogP contribution >= 0.6 is 0 Å². The van der Waals surface area contributed by atoms with Crippen LogP contribution in [0.3, 0.4) is 0 Å². The summed E-state index contributed by atoms with van der Waals surface area (Å²) in [4.78, 5) is 29.1. The summed E-state index contributed by atoms with van der Waals surface area (Å²) in [6, 6.07) is 53.8. The molecule has 0 saturated carbocycles. The number of nitrogens with one attached hydrogen (secondary N) is 2. The van der Waals surface area contributed by atoms with Crippen molar-refractivity contribution in [2.75, 3.05) is 13.7 Å². The van der Waals surface area contributed by atoms with E-state index >= 15 is 0 Å². The Morgan fingerprint density at radius 1 is 0.673 bits per heavy atom. The SMILES string of the molecule is COC(=O)[C@@H]1C[C@H](NCc2ccc(S(=O)(=O)NC(c3ccccc3)(c3ccccc3)c3ccccc3)cc2)CN1C(=O)C(c1ccccc1)c1ccccc1. The van der Waals surface area contributed by atoms with Crippen LogP contribution in [0.1, 0.15) is 45.7 Å². The average Bonchev–Trinajstić information content (AvgIpc) is 3.68. The number of likely N-dealkylation sites (tertiary alicyclic amines) is 1. The van der Waals surface area contributed by atoms with Crippen molar-refractivity contribution in [1.29, 1.82) is 0 Å². The zero-order valence-electron chi connectivity index (χ0n) is 30.5. The molecule has 8 nitrogen and oxygen atoms in total. The van der Waals surface area contributed by atoms with Crippen molar-refractivity contribution in [2.45, 2.75) is 41.4 Å². The van der Waals surface area contributed by atoms with Gasteiger partial charge in [-0.25, -0.2) is 13.2 Å². The van der Waals surface area contributed by atoms with E-state index < -0.39 is 33.5 Å². The van der Waals surface area contributed by atoms with E-state index in [-0.39, 0.29) is 16.8 Å². The molecule has 1 heterocycles. The fourth-order valence-electron chi connectivity index (χ4n) is 7.57. The number of rotatable bonds is 13. The fourth-order valence-corrected chi connectivity index (χ4v) is 8.94. The lowest BCUT2D eigenvalue weighted by Crippen LogP contribution is -2.47. The van der Waals surface area contributed by atoms with Crippen LogP contribution in [-0.2, 0) is 36.4 Å². The summed E-state index contributed by atoms with van der Waals surface area (Å²) in [5, 5.41) is 3.50. The van der Waals surface area contributed by atoms with Crippen molar-refractivity contribution >= 4 is 21.9 Å². The number of esters is 1. The van der Waals surface area contributed by atoms with Crippen molar-refractivity contribution in [3.05, 3.63) is 209 Å². The largest absolute Gasteiger partial charge is 0.467 e. The van der Waals surface area contributed by atoms with E-state index in [4.69, 9.17) is 4.74 Å². The summed E-state index contributed by atoms with van der Waals surface area (Å²) in [6.45, 7) is 0.711. The Labute approximate surface area is 322 Å². The lowest BCUT2D eigenvalue weighted by molar-refractivity contribution is -0.151. The van der Waals surface area contributed by atoms with Gasteiger partial charge in [-0.2, -0.15) is 4.72 Å². The van der Waals surface area contributed by atoms with E-state index in [1.54, 1.807) is 29.2 Å². The first kappa shape index (κ1) is 37.4. The summed E-state index contributed by atoms with van der Waals surface area (Å²) in [6.07, 6.45) is 0.381. The summed E-state index contributed by atoms with van der Waals surface area (Å²) in [5.41, 5.74) is 3.68. The van der Waals surface area contributed by atoms with Gasteiger partial charge in [0, 0.05) is 19.1 Å². The minimum Gasteiger partial charge on any atom is -0.467 e. The molecule has 55 heavy (non-hydrogen) atoms. The first-order chi connectivity index (χ1) is 26.8. The van der Waals surface area contributed by atoms with Gasteiger partial charge in [0.15, 0.2) is 0 Å². The van der Waals surface area contributed by atoms with Crippen LogP contribution in [0, 0.1) is 0 Å². The van der Waals surface area contributed by atoms with Crippen LogP contribution < -0.4 is 10.0 Å². The zero-order chi connectivity index (χ0) is 38.3. The lowest BCUT2D eigenvalue weighted by Gasteiger charge is -2.36. The number of methoxy groups -OCH3 is 1. The third-order valence-corrected chi connectivity index (χ3v) is 11.8. The molecule has 1 aliphatic rings. The highest BCUT2D eigenvalue weighted by atomic mass is 32.2. The maximum absolute atomic E-state index is 14.3. The quantitative estimate of drug-likeness (QED) is 0.0972. The van der Waals surface area contributed by atoms with Crippen LogP contribution in [0.4, 0.5) is 0 Å². The molecule has 1 aliphatic heterocycles. The molecule has 2 N–H and O–H groups in total. The minimum atomic E-state index is -4.07. The molecule has 0 unspecified atom stereocenters. The molecule has 1 saturated heterocycles. The van der Waals surface area contributed by atoms with Crippen molar-refractivity contribution < 1.29 is 22.7 Å². The van der Waals surface area contributed by atoms with Crippen LogP contribution in [-0.4, -0.2) is 50.9 Å². The Morgan fingerprint density at radius 3 is 1.55 bits per heavy atom. The molecule has 1 fully saturated rings. The smallest absolute Gasteiger partial charge is 0.328 e. The van der Waals surface area contributed by atoms with Crippen molar-refractivity contribution in [3.8, 4) is 0 Å². The molecule has 0 spiro atoms. The number of nitrogens with zero attached hydrogens (tertiary/aromatic N) is 1. The second-order valence-corrected chi connectivity index (χ2v) is 15.4. The first-order valence-corrected chi connectivity index (χ1v) is 19.8. The predicted molar refractivity (Wildman–Crippen MR) is 213 cm³/mol. The Bertz CT molecular complexity index is 2160. The Kier molecular flexibility index (Phi) is 11.3. The van der Waals surface area contributed by atoms with Gasteiger partial charge in [0.1, 0.15) is 11.6 Å². The molecule has 0 radical (unpaired) electrons. The van der Waals surface area contributed by atoms with Gasteiger partial charge in [0.2, 0.25) is 15.9 Å². The number of carbonyl (C=O) groups excluding carboxylic acids is 2. The van der Waals surface area contributed by atoms with Crippen molar-refractivity contribution in [2.24, 2.45) is 0 Å². The number of sulfonamides is 1. The van der Waals surface area contributed by atoms with Gasteiger partial charge in [-0.1, -0.05) is 164 Å². The summed E-state index contributed by atoms with van der Waals surface area (Å²) in [5.74, 6) is -1.21. The number of amides is 1. The maximum Gasteiger partial charge on any atom is 0.328 e. The molecule has 9 heteroatoms. The molecule has 0 bridgehead atoms. The van der Waals surface area contributed by atoms with Gasteiger partial charge in [0.05, 0.1) is 17.9 Å². The van der Waals surface area contributed by atoms with Gasteiger partial charge in [-0.05, 0) is 51.9 Å². The Hall–Kier alpha value is -5.87. The van der Waals surface area contributed by atoms with Crippen LogP contribution in [0.5, 0.6) is 0 Å². The average molecular weight is 750 g/mol. The highest BCUT2D eigenvalue weighted by Crippen LogP contribution is 2.38. The third kappa shape index (κ3) is 8.00. The maximum atomic E-state index is 14.3. The van der Waals surface area contributed by atoms with E-state index in [1.165, 1.54) is 7.11 Å². The number of carbonyl (C=O) groups is 2. The van der Waals surface area contributed by atoms with Gasteiger partial charge < -0.3 is 15.0 Å². The first-order valence-electron chi connectivity index (χ1n) is 18.3. The van der Waals surface area contributed by atoms with Gasteiger partial charge >= 0.3 is 5.97 Å². The van der Waals surface area contributed by atoms with Gasteiger partial charge in [-0.3, -0.25) is 4.79 Å². The third-order valence-electron chi connectivity index (χ3n) is 10.3. The second kappa shape index (κ2) is 16.7. The molecular weight excluding hydrogens is 707 g/mol. The van der Waals surface area contributed by atoms with Gasteiger partial charge in [0.25, 0.3) is 0 Å². The van der Waals surface area contributed by atoms with E-state index in [0.717, 1.165) is 33.4 Å². The van der Waals surface area contributed by atoms with E-state index in [1.807, 2.05) is 152 Å². The topological polar surface area (TPSA) is 105 Å². The molecule has 278 valence electrons. The molecule has 2 atom stereocenters. The van der Waals surface area contributed by atoms with Crippen molar-refractivity contribution in [3.63, 3.8) is 0 Å². The Balaban J connectivity index is 1.10. The number of hydrogen-bond acceptors (Lipinski definition) is 6. The van der Waals surface area contributed by atoms with Crippen LogP contribution in [0.15, 0.2) is 181 Å².